The Morgan fingerprint density at radius 1 is 1.25 bits per heavy atom. The average Bonchev–Trinajstić information content (AvgIpc) is 3.49. The second-order valence-corrected chi connectivity index (χ2v) is 8.64. The number of fused-ring (bicyclic) bond motifs is 1. The number of carbonyl (C=O) groups is 1. The Hall–Kier alpha value is -3.40. The Labute approximate surface area is 185 Å². The SMILES string of the molecule is CNc1cc(Nc2cccn([C@H]3CCCN(C)C3)c2=O)nc2c(C(=O)NC3CC3)cnn12. The van der Waals surface area contributed by atoms with Crippen LogP contribution in [0.4, 0.5) is 17.3 Å². The monoisotopic (exact) mass is 436 g/mol. The molecule has 0 bridgehead atoms. The number of hydrogen-bond acceptors (Lipinski definition) is 7. The molecule has 168 valence electrons. The molecule has 1 saturated carbocycles. The number of anilines is 3. The van der Waals surface area contributed by atoms with E-state index >= 15 is 0 Å². The zero-order valence-electron chi connectivity index (χ0n) is 18.3. The maximum atomic E-state index is 13.2. The van der Waals surface area contributed by atoms with E-state index in [0.29, 0.717) is 28.5 Å². The summed E-state index contributed by atoms with van der Waals surface area (Å²) in [6, 6.07) is 5.80. The molecule has 32 heavy (non-hydrogen) atoms. The molecule has 2 aliphatic rings. The van der Waals surface area contributed by atoms with Gasteiger partial charge in [0.05, 0.1) is 6.20 Å². The van der Waals surface area contributed by atoms with Gasteiger partial charge in [0.1, 0.15) is 22.9 Å². The lowest BCUT2D eigenvalue weighted by atomic mass is 10.1. The number of likely N-dealkylation sites (N-methyl/N-ethyl adjacent to an activating group) is 1. The first-order valence-electron chi connectivity index (χ1n) is 11.1. The van der Waals surface area contributed by atoms with Crippen molar-refractivity contribution in [2.45, 2.75) is 37.8 Å². The Morgan fingerprint density at radius 2 is 2.09 bits per heavy atom. The predicted molar refractivity (Wildman–Crippen MR) is 123 cm³/mol. The highest BCUT2D eigenvalue weighted by Crippen LogP contribution is 2.24. The summed E-state index contributed by atoms with van der Waals surface area (Å²) in [5, 5.41) is 13.6. The molecule has 0 radical (unpaired) electrons. The number of nitrogens with one attached hydrogen (secondary N) is 3. The highest BCUT2D eigenvalue weighted by molar-refractivity contribution is 6.00. The summed E-state index contributed by atoms with van der Waals surface area (Å²) in [4.78, 5) is 32.7. The lowest BCUT2D eigenvalue weighted by Crippen LogP contribution is -2.37. The van der Waals surface area contributed by atoms with Gasteiger partial charge in [0, 0.05) is 37.9 Å². The van der Waals surface area contributed by atoms with Crippen LogP contribution in [-0.4, -0.2) is 63.2 Å². The van der Waals surface area contributed by atoms with E-state index < -0.39 is 0 Å². The largest absolute Gasteiger partial charge is 0.373 e. The normalized spacial score (nSPS) is 19.1. The van der Waals surface area contributed by atoms with Crippen LogP contribution in [0.5, 0.6) is 0 Å². The topological polar surface area (TPSA) is 109 Å². The maximum absolute atomic E-state index is 13.2. The molecular formula is C22H28N8O2. The number of rotatable bonds is 6. The van der Waals surface area contributed by atoms with Crippen LogP contribution in [0.1, 0.15) is 42.1 Å². The number of hydrogen-bond donors (Lipinski definition) is 3. The number of nitrogens with zero attached hydrogens (tertiary/aromatic N) is 5. The van der Waals surface area contributed by atoms with Gasteiger partial charge in [0.2, 0.25) is 0 Å². The van der Waals surface area contributed by atoms with Gasteiger partial charge in [-0.15, -0.1) is 0 Å². The molecule has 1 aliphatic heterocycles. The molecule has 1 saturated heterocycles. The fourth-order valence-corrected chi connectivity index (χ4v) is 4.25. The number of amides is 1. The van der Waals surface area contributed by atoms with Crippen molar-refractivity contribution in [3.05, 3.63) is 46.5 Å². The maximum Gasteiger partial charge on any atom is 0.274 e. The van der Waals surface area contributed by atoms with Gasteiger partial charge in [-0.2, -0.15) is 9.61 Å². The fourth-order valence-electron chi connectivity index (χ4n) is 4.25. The molecular weight excluding hydrogens is 408 g/mol. The van der Waals surface area contributed by atoms with Crippen molar-refractivity contribution >= 4 is 28.9 Å². The Morgan fingerprint density at radius 3 is 2.84 bits per heavy atom. The van der Waals surface area contributed by atoms with Crippen LogP contribution >= 0.6 is 0 Å². The lowest BCUT2D eigenvalue weighted by molar-refractivity contribution is 0.0952. The van der Waals surface area contributed by atoms with Gasteiger partial charge in [-0.25, -0.2) is 4.98 Å². The number of carbonyl (C=O) groups excluding carboxylic acids is 1. The Kier molecular flexibility index (Phi) is 5.30. The van der Waals surface area contributed by atoms with E-state index in [1.165, 1.54) is 6.20 Å². The summed E-state index contributed by atoms with van der Waals surface area (Å²) >= 11 is 0. The first-order chi connectivity index (χ1) is 15.5. The summed E-state index contributed by atoms with van der Waals surface area (Å²) in [7, 11) is 3.86. The third-order valence-corrected chi connectivity index (χ3v) is 6.12. The molecule has 3 aromatic rings. The fraction of sp³-hybridized carbons (Fsp3) is 0.455. The van der Waals surface area contributed by atoms with Gasteiger partial charge in [-0.1, -0.05) is 0 Å². The van der Waals surface area contributed by atoms with E-state index in [9.17, 15) is 9.59 Å². The van der Waals surface area contributed by atoms with Crippen molar-refractivity contribution < 1.29 is 4.79 Å². The van der Waals surface area contributed by atoms with Gasteiger partial charge < -0.3 is 25.4 Å². The van der Waals surface area contributed by atoms with Gasteiger partial charge in [-0.3, -0.25) is 9.59 Å². The Balaban J connectivity index is 1.48. The van der Waals surface area contributed by atoms with Crippen molar-refractivity contribution in [3.63, 3.8) is 0 Å². The minimum atomic E-state index is -0.183. The lowest BCUT2D eigenvalue weighted by Gasteiger charge is -2.31. The molecule has 1 amide bonds. The number of aromatic nitrogens is 4. The van der Waals surface area contributed by atoms with Crippen LogP contribution in [0.3, 0.4) is 0 Å². The number of pyridine rings is 1. The van der Waals surface area contributed by atoms with Crippen molar-refractivity contribution in [1.29, 1.82) is 0 Å². The van der Waals surface area contributed by atoms with Gasteiger partial charge in [0.15, 0.2) is 5.65 Å². The minimum Gasteiger partial charge on any atom is -0.373 e. The second kappa shape index (κ2) is 8.27. The summed E-state index contributed by atoms with van der Waals surface area (Å²) in [6.07, 6.45) is 7.44. The van der Waals surface area contributed by atoms with Crippen molar-refractivity contribution in [2.24, 2.45) is 0 Å². The molecule has 1 aliphatic carbocycles. The summed E-state index contributed by atoms with van der Waals surface area (Å²) in [5.74, 6) is 0.948. The van der Waals surface area contributed by atoms with Crippen LogP contribution in [0.25, 0.3) is 5.65 Å². The van der Waals surface area contributed by atoms with Crippen LogP contribution < -0.4 is 21.5 Å². The summed E-state index contributed by atoms with van der Waals surface area (Å²) in [5.41, 5.74) is 1.21. The van der Waals surface area contributed by atoms with E-state index in [0.717, 1.165) is 38.8 Å². The van der Waals surface area contributed by atoms with E-state index in [1.807, 2.05) is 16.8 Å². The molecule has 5 rings (SSSR count). The molecule has 0 aromatic carbocycles. The van der Waals surface area contributed by atoms with Crippen molar-refractivity contribution in [1.82, 2.24) is 29.4 Å². The minimum absolute atomic E-state index is 0.0827. The van der Waals surface area contributed by atoms with Crippen LogP contribution in [0.15, 0.2) is 35.4 Å². The molecule has 3 N–H and O–H groups in total. The number of piperidine rings is 1. The molecule has 10 nitrogen and oxygen atoms in total. The van der Waals surface area contributed by atoms with E-state index in [-0.39, 0.29) is 23.6 Å². The first-order valence-corrected chi connectivity index (χ1v) is 11.1. The second-order valence-electron chi connectivity index (χ2n) is 8.64. The quantitative estimate of drug-likeness (QED) is 0.541. The molecule has 4 heterocycles. The molecule has 3 aromatic heterocycles. The van der Waals surface area contributed by atoms with Gasteiger partial charge >= 0.3 is 0 Å². The van der Waals surface area contributed by atoms with Crippen LogP contribution in [-0.2, 0) is 0 Å². The predicted octanol–water partition coefficient (Wildman–Crippen LogP) is 1.84. The van der Waals surface area contributed by atoms with Crippen molar-refractivity contribution in [2.75, 3.05) is 37.8 Å². The smallest absolute Gasteiger partial charge is 0.274 e. The zero-order valence-corrected chi connectivity index (χ0v) is 18.3. The molecule has 0 spiro atoms. The zero-order chi connectivity index (χ0) is 22.2. The average molecular weight is 437 g/mol. The highest BCUT2D eigenvalue weighted by Gasteiger charge is 2.26. The molecule has 1 atom stereocenters. The van der Waals surface area contributed by atoms with Gasteiger partial charge in [0.25, 0.3) is 11.5 Å². The first kappa shape index (κ1) is 20.5. The van der Waals surface area contributed by atoms with Crippen LogP contribution in [0.2, 0.25) is 0 Å². The Bertz CT molecular complexity index is 1210. The highest BCUT2D eigenvalue weighted by atomic mass is 16.2. The molecule has 10 heteroatoms. The van der Waals surface area contributed by atoms with Crippen LogP contribution in [0, 0.1) is 0 Å². The van der Waals surface area contributed by atoms with E-state index in [2.05, 4.69) is 38.0 Å². The molecule has 0 unspecified atom stereocenters. The van der Waals surface area contributed by atoms with E-state index in [1.54, 1.807) is 23.7 Å². The number of likely N-dealkylation sites (tertiary alicyclic amines) is 1. The third kappa shape index (κ3) is 3.93. The molecule has 2 fully saturated rings. The summed E-state index contributed by atoms with van der Waals surface area (Å²) in [6.45, 7) is 1.91. The van der Waals surface area contributed by atoms with E-state index in [4.69, 9.17) is 0 Å². The standard InChI is InChI=1S/C22H28N8O2/c1-23-19-11-18(27-20-16(12-24-30(19)20)21(31)25-14-7-8-14)26-17-6-4-10-29(22(17)32)15-5-3-9-28(2)13-15/h4,6,10-12,14-15,23H,3,5,7-9,13H2,1-2H3,(H,25,31)(H,26,27)/t15-/m0/s1. The summed E-state index contributed by atoms with van der Waals surface area (Å²) < 4.78 is 3.40. The third-order valence-electron chi connectivity index (χ3n) is 6.12. The van der Waals surface area contributed by atoms with Gasteiger partial charge in [-0.05, 0) is 51.4 Å². The van der Waals surface area contributed by atoms with Crippen molar-refractivity contribution in [3.8, 4) is 0 Å².